The van der Waals surface area contributed by atoms with E-state index in [2.05, 4.69) is 26.5 Å². The minimum Gasteiger partial charge on any atom is -0.352 e. The Bertz CT molecular complexity index is 718. The summed E-state index contributed by atoms with van der Waals surface area (Å²) in [6.07, 6.45) is 3.48. The van der Waals surface area contributed by atoms with Crippen molar-refractivity contribution in [2.45, 2.75) is 51.6 Å². The molecule has 1 amide bonds. The highest BCUT2D eigenvalue weighted by Gasteiger charge is 2.33. The maximum Gasteiger partial charge on any atom is 0.242 e. The maximum atomic E-state index is 12.5. The quantitative estimate of drug-likeness (QED) is 0.833. The van der Waals surface area contributed by atoms with E-state index in [1.54, 1.807) is 0 Å². The molecule has 1 N–H and O–H groups in total. The predicted molar refractivity (Wildman–Crippen MR) is 102 cm³/mol. The van der Waals surface area contributed by atoms with Gasteiger partial charge in [-0.05, 0) is 43.9 Å². The van der Waals surface area contributed by atoms with Gasteiger partial charge in [-0.25, -0.2) is 4.98 Å². The number of nitrogens with zero attached hydrogens (tertiary/aromatic N) is 3. The van der Waals surface area contributed by atoms with Gasteiger partial charge in [0.05, 0.1) is 0 Å². The lowest BCUT2D eigenvalue weighted by molar-refractivity contribution is -0.122. The van der Waals surface area contributed by atoms with Crippen molar-refractivity contribution in [3.8, 4) is 0 Å². The van der Waals surface area contributed by atoms with E-state index < -0.39 is 0 Å². The fraction of sp³-hybridized carbons (Fsp3) is 0.500. The summed E-state index contributed by atoms with van der Waals surface area (Å²) in [7, 11) is 0. The Morgan fingerprint density at radius 2 is 2.20 bits per heavy atom. The molecule has 1 saturated heterocycles. The molecule has 0 bridgehead atoms. The average Bonchev–Trinajstić information content (AvgIpc) is 3.25. The molecule has 1 aromatic carbocycles. The number of benzene rings is 1. The molecule has 2 heterocycles. The van der Waals surface area contributed by atoms with E-state index in [1.165, 1.54) is 11.5 Å². The van der Waals surface area contributed by atoms with Crippen molar-refractivity contribution in [1.29, 1.82) is 0 Å². The van der Waals surface area contributed by atoms with Crippen molar-refractivity contribution in [3.63, 3.8) is 0 Å². The fourth-order valence-corrected chi connectivity index (χ4v) is 3.82. The Labute approximate surface area is 157 Å². The largest absolute Gasteiger partial charge is 0.352 e. The lowest BCUT2D eigenvalue weighted by Crippen LogP contribution is -2.46. The number of carbonyl (C=O) groups excluding carboxylic acids is 1. The predicted octanol–water partition coefficient (Wildman–Crippen LogP) is 3.67. The number of aromatic nitrogens is 2. The van der Waals surface area contributed by atoms with Crippen LogP contribution in [0.2, 0.25) is 5.02 Å². The van der Waals surface area contributed by atoms with Crippen molar-refractivity contribution in [2.75, 3.05) is 11.4 Å². The highest BCUT2D eigenvalue weighted by Crippen LogP contribution is 2.28. The van der Waals surface area contributed by atoms with Crippen molar-refractivity contribution in [2.24, 2.45) is 0 Å². The van der Waals surface area contributed by atoms with Crippen molar-refractivity contribution in [1.82, 2.24) is 14.7 Å². The average molecular weight is 379 g/mol. The molecule has 1 aromatic heterocycles. The first kappa shape index (κ1) is 18.1. The molecule has 5 nitrogen and oxygen atoms in total. The standard InChI is InChI=1S/C18H23ClN4OS/c1-3-12(2)20-17(24)15-5-4-10-23(15)18-21-16(22-25-18)11-13-6-8-14(19)9-7-13/h6-9,12,15H,3-5,10-11H2,1-2H3,(H,20,24). The number of hydrogen-bond donors (Lipinski definition) is 1. The lowest BCUT2D eigenvalue weighted by atomic mass is 10.1. The Hall–Kier alpha value is -1.66. The van der Waals surface area contributed by atoms with Gasteiger partial charge < -0.3 is 10.2 Å². The Morgan fingerprint density at radius 1 is 1.44 bits per heavy atom. The number of rotatable bonds is 6. The summed E-state index contributed by atoms with van der Waals surface area (Å²) in [4.78, 5) is 19.3. The van der Waals surface area contributed by atoms with E-state index >= 15 is 0 Å². The summed E-state index contributed by atoms with van der Waals surface area (Å²) >= 11 is 7.30. The summed E-state index contributed by atoms with van der Waals surface area (Å²) in [6, 6.07) is 7.79. The number of amides is 1. The topological polar surface area (TPSA) is 58.1 Å². The molecule has 7 heteroatoms. The van der Waals surface area contributed by atoms with E-state index in [0.717, 1.165) is 47.3 Å². The summed E-state index contributed by atoms with van der Waals surface area (Å²) in [5, 5.41) is 4.65. The van der Waals surface area contributed by atoms with E-state index in [-0.39, 0.29) is 18.0 Å². The van der Waals surface area contributed by atoms with Gasteiger partial charge in [-0.1, -0.05) is 30.7 Å². The van der Waals surface area contributed by atoms with Crippen LogP contribution in [-0.4, -0.2) is 33.9 Å². The van der Waals surface area contributed by atoms with Crippen molar-refractivity contribution < 1.29 is 4.79 Å². The molecular formula is C18H23ClN4OS. The number of nitrogens with one attached hydrogen (secondary N) is 1. The van der Waals surface area contributed by atoms with Crippen molar-refractivity contribution >= 4 is 34.2 Å². The molecular weight excluding hydrogens is 356 g/mol. The smallest absolute Gasteiger partial charge is 0.242 e. The normalized spacial score (nSPS) is 18.4. The minimum absolute atomic E-state index is 0.0984. The van der Waals surface area contributed by atoms with Crippen LogP contribution in [0.1, 0.15) is 44.5 Å². The maximum absolute atomic E-state index is 12.5. The second-order valence-electron chi connectivity index (χ2n) is 6.47. The molecule has 2 atom stereocenters. The van der Waals surface area contributed by atoms with Gasteiger partial charge in [-0.3, -0.25) is 4.79 Å². The number of hydrogen-bond acceptors (Lipinski definition) is 5. The second-order valence-corrected chi connectivity index (χ2v) is 7.63. The molecule has 1 fully saturated rings. The first-order chi connectivity index (χ1) is 12.1. The molecule has 134 valence electrons. The third kappa shape index (κ3) is 4.50. The van der Waals surface area contributed by atoms with Gasteiger partial charge in [0.15, 0.2) is 0 Å². The molecule has 2 unspecified atom stereocenters. The Balaban J connectivity index is 1.68. The third-order valence-electron chi connectivity index (χ3n) is 4.54. The molecule has 0 aliphatic carbocycles. The van der Waals surface area contributed by atoms with Gasteiger partial charge in [0.25, 0.3) is 0 Å². The minimum atomic E-state index is -0.134. The van der Waals surface area contributed by atoms with Crippen LogP contribution in [0, 0.1) is 0 Å². The van der Waals surface area contributed by atoms with Crippen LogP contribution >= 0.6 is 23.1 Å². The summed E-state index contributed by atoms with van der Waals surface area (Å²) in [5.41, 5.74) is 1.13. The number of anilines is 1. The molecule has 3 rings (SSSR count). The van der Waals surface area contributed by atoms with Gasteiger partial charge in [-0.2, -0.15) is 4.37 Å². The third-order valence-corrected chi connectivity index (χ3v) is 5.58. The van der Waals surface area contributed by atoms with Crippen molar-refractivity contribution in [3.05, 3.63) is 40.7 Å². The van der Waals surface area contributed by atoms with Gasteiger partial charge in [0, 0.05) is 35.6 Å². The van der Waals surface area contributed by atoms with Crippen LogP contribution in [0.5, 0.6) is 0 Å². The molecule has 0 radical (unpaired) electrons. The monoisotopic (exact) mass is 378 g/mol. The van der Waals surface area contributed by atoms with Crippen LogP contribution in [-0.2, 0) is 11.2 Å². The summed E-state index contributed by atoms with van der Waals surface area (Å²) in [6.45, 7) is 4.96. The Morgan fingerprint density at radius 3 is 2.92 bits per heavy atom. The van der Waals surface area contributed by atoms with Gasteiger partial charge in [0.2, 0.25) is 11.0 Å². The summed E-state index contributed by atoms with van der Waals surface area (Å²) in [5.74, 6) is 0.886. The molecule has 0 spiro atoms. The van der Waals surface area contributed by atoms with Gasteiger partial charge in [0.1, 0.15) is 11.9 Å². The van der Waals surface area contributed by atoms with E-state index in [0.29, 0.717) is 6.42 Å². The van der Waals surface area contributed by atoms with Gasteiger partial charge >= 0.3 is 0 Å². The van der Waals surface area contributed by atoms with E-state index in [1.807, 2.05) is 31.2 Å². The SMILES string of the molecule is CCC(C)NC(=O)C1CCCN1c1nc(Cc2ccc(Cl)cc2)ns1. The molecule has 2 aromatic rings. The van der Waals surface area contributed by atoms with E-state index in [9.17, 15) is 4.79 Å². The molecule has 1 aliphatic heterocycles. The number of carbonyl (C=O) groups is 1. The number of halogens is 1. The Kier molecular flexibility index (Phi) is 5.91. The van der Waals surface area contributed by atoms with E-state index in [4.69, 9.17) is 11.6 Å². The summed E-state index contributed by atoms with van der Waals surface area (Å²) < 4.78 is 4.47. The van der Waals surface area contributed by atoms with Crippen LogP contribution < -0.4 is 10.2 Å². The lowest BCUT2D eigenvalue weighted by Gasteiger charge is -2.24. The van der Waals surface area contributed by atoms with Gasteiger partial charge in [-0.15, -0.1) is 0 Å². The zero-order chi connectivity index (χ0) is 17.8. The van der Waals surface area contributed by atoms with Crippen LogP contribution in [0.25, 0.3) is 0 Å². The van der Waals surface area contributed by atoms with Crippen LogP contribution in [0.15, 0.2) is 24.3 Å². The zero-order valence-corrected chi connectivity index (χ0v) is 16.1. The highest BCUT2D eigenvalue weighted by molar-refractivity contribution is 7.09. The molecule has 0 saturated carbocycles. The zero-order valence-electron chi connectivity index (χ0n) is 14.5. The first-order valence-corrected chi connectivity index (χ1v) is 9.86. The fourth-order valence-electron chi connectivity index (χ4n) is 2.93. The second kappa shape index (κ2) is 8.15. The highest BCUT2D eigenvalue weighted by atomic mass is 35.5. The molecule has 1 aliphatic rings. The van der Waals surface area contributed by atoms with Crippen LogP contribution in [0.3, 0.4) is 0 Å². The molecule has 25 heavy (non-hydrogen) atoms. The first-order valence-electron chi connectivity index (χ1n) is 8.71. The van der Waals surface area contributed by atoms with Crippen LogP contribution in [0.4, 0.5) is 5.13 Å².